The monoisotopic (exact) mass is 294 g/mol. The van der Waals surface area contributed by atoms with Gasteiger partial charge >= 0.3 is 5.97 Å². The van der Waals surface area contributed by atoms with E-state index >= 15 is 0 Å². The van der Waals surface area contributed by atoms with Crippen molar-refractivity contribution < 1.29 is 23.4 Å². The van der Waals surface area contributed by atoms with Crippen LogP contribution in [0.15, 0.2) is 10.5 Å². The lowest BCUT2D eigenvalue weighted by Crippen LogP contribution is -2.11. The van der Waals surface area contributed by atoms with Crippen LogP contribution in [0.1, 0.15) is 18.4 Å². The lowest BCUT2D eigenvalue weighted by Gasteiger charge is -2.12. The number of benzene rings is 1. The predicted octanol–water partition coefficient (Wildman–Crippen LogP) is 2.92. The van der Waals surface area contributed by atoms with Gasteiger partial charge in [0.05, 0.1) is 17.5 Å². The Bertz CT molecular complexity index is 435. The first-order valence-electron chi connectivity index (χ1n) is 4.34. The van der Waals surface area contributed by atoms with Crippen LogP contribution in [-0.4, -0.2) is 18.2 Å². The molecule has 0 aromatic heterocycles. The largest absolute Gasteiger partial charge is 0.491 e. The summed E-state index contributed by atoms with van der Waals surface area (Å²) >= 11 is 2.87. The first-order valence-corrected chi connectivity index (χ1v) is 5.13. The van der Waals surface area contributed by atoms with Crippen LogP contribution in [0.4, 0.5) is 8.78 Å². The van der Waals surface area contributed by atoms with Crippen LogP contribution < -0.4 is 4.74 Å². The highest BCUT2D eigenvalue weighted by Gasteiger charge is 2.24. The molecule has 0 radical (unpaired) electrons. The van der Waals surface area contributed by atoms with E-state index in [-0.39, 0.29) is 10.0 Å². The fourth-order valence-electron chi connectivity index (χ4n) is 1.23. The van der Waals surface area contributed by atoms with Crippen LogP contribution in [0, 0.1) is 11.6 Å². The van der Waals surface area contributed by atoms with E-state index in [4.69, 9.17) is 5.11 Å². The molecule has 0 spiro atoms. The summed E-state index contributed by atoms with van der Waals surface area (Å²) in [6, 6.07) is 1.10. The highest BCUT2D eigenvalue weighted by atomic mass is 79.9. The number of carboxylic acid groups (broad SMARTS) is 1. The fourth-order valence-corrected chi connectivity index (χ4v) is 1.65. The number of ether oxygens (including phenoxy) is 1. The molecule has 1 N–H and O–H groups in total. The minimum Gasteiger partial charge on any atom is -0.491 e. The molecule has 0 aliphatic rings. The third-order valence-electron chi connectivity index (χ3n) is 2.19. The van der Waals surface area contributed by atoms with Gasteiger partial charge in [-0.15, -0.1) is 0 Å². The van der Waals surface area contributed by atoms with E-state index in [2.05, 4.69) is 20.7 Å². The lowest BCUT2D eigenvalue weighted by atomic mass is 10.0. The molecule has 1 aromatic rings. The fraction of sp³-hybridized carbons (Fsp3) is 0.300. The van der Waals surface area contributed by atoms with Gasteiger partial charge in [-0.1, -0.05) is 0 Å². The summed E-state index contributed by atoms with van der Waals surface area (Å²) in [5.74, 6) is -4.73. The second-order valence-electron chi connectivity index (χ2n) is 3.17. The minimum absolute atomic E-state index is 0.0335. The Morgan fingerprint density at radius 1 is 1.50 bits per heavy atom. The molecule has 0 aliphatic heterocycles. The Balaban J connectivity index is 3.42. The summed E-state index contributed by atoms with van der Waals surface area (Å²) in [5, 5.41) is 8.77. The third kappa shape index (κ3) is 2.16. The molecular weight excluding hydrogens is 286 g/mol. The SMILES string of the molecule is COc1c(F)c(Br)cc(C(C)C(=O)O)c1F. The number of carboxylic acids is 1. The molecule has 1 unspecified atom stereocenters. The van der Waals surface area contributed by atoms with Crippen molar-refractivity contribution in [3.8, 4) is 5.75 Å². The molecule has 3 nitrogen and oxygen atoms in total. The summed E-state index contributed by atoms with van der Waals surface area (Å²) in [7, 11) is 1.11. The molecule has 1 aromatic carbocycles. The van der Waals surface area contributed by atoms with E-state index in [1.54, 1.807) is 0 Å². The number of aliphatic carboxylic acids is 1. The quantitative estimate of drug-likeness (QED) is 0.872. The molecule has 88 valence electrons. The molecule has 16 heavy (non-hydrogen) atoms. The van der Waals surface area contributed by atoms with E-state index < -0.39 is 29.3 Å². The first-order chi connectivity index (χ1) is 7.40. The molecule has 0 heterocycles. The van der Waals surface area contributed by atoms with Crippen LogP contribution in [0.25, 0.3) is 0 Å². The highest BCUT2D eigenvalue weighted by Crippen LogP contribution is 2.34. The van der Waals surface area contributed by atoms with Crippen LogP contribution in [-0.2, 0) is 4.79 Å². The number of methoxy groups -OCH3 is 1. The van der Waals surface area contributed by atoms with Gasteiger partial charge in [-0.2, -0.15) is 0 Å². The van der Waals surface area contributed by atoms with Gasteiger partial charge in [-0.3, -0.25) is 4.79 Å². The number of hydrogen-bond donors (Lipinski definition) is 1. The molecule has 1 atom stereocenters. The summed E-state index contributed by atoms with van der Waals surface area (Å²) in [4.78, 5) is 10.7. The highest BCUT2D eigenvalue weighted by molar-refractivity contribution is 9.10. The molecule has 6 heteroatoms. The van der Waals surface area contributed by atoms with Crippen molar-refractivity contribution in [1.29, 1.82) is 0 Å². The van der Waals surface area contributed by atoms with Crippen molar-refractivity contribution >= 4 is 21.9 Å². The third-order valence-corrected chi connectivity index (χ3v) is 2.76. The Morgan fingerprint density at radius 3 is 2.50 bits per heavy atom. The van der Waals surface area contributed by atoms with Crippen molar-refractivity contribution in [2.24, 2.45) is 0 Å². The van der Waals surface area contributed by atoms with Gasteiger partial charge < -0.3 is 9.84 Å². The second-order valence-corrected chi connectivity index (χ2v) is 4.02. The van der Waals surface area contributed by atoms with E-state index in [0.717, 1.165) is 13.2 Å². The maximum absolute atomic E-state index is 13.7. The zero-order valence-electron chi connectivity index (χ0n) is 8.55. The van der Waals surface area contributed by atoms with Gasteiger partial charge in [0.15, 0.2) is 17.4 Å². The Hall–Kier alpha value is -1.17. The zero-order valence-corrected chi connectivity index (χ0v) is 10.1. The average molecular weight is 295 g/mol. The maximum atomic E-state index is 13.7. The van der Waals surface area contributed by atoms with Crippen molar-refractivity contribution in [1.82, 2.24) is 0 Å². The maximum Gasteiger partial charge on any atom is 0.310 e. The normalized spacial score (nSPS) is 12.3. The second kappa shape index (κ2) is 4.78. The summed E-state index contributed by atoms with van der Waals surface area (Å²) in [5.41, 5.74) is -0.127. The Morgan fingerprint density at radius 2 is 2.06 bits per heavy atom. The van der Waals surface area contributed by atoms with E-state index in [0.29, 0.717) is 0 Å². The number of rotatable bonds is 3. The standard InChI is InChI=1S/C10H9BrF2O3/c1-4(10(14)15)5-3-6(11)8(13)9(16-2)7(5)12/h3-4H,1-2H3,(H,14,15). The first kappa shape index (κ1) is 12.9. The minimum atomic E-state index is -1.19. The smallest absolute Gasteiger partial charge is 0.310 e. The van der Waals surface area contributed by atoms with Gasteiger partial charge in [0.2, 0.25) is 0 Å². The zero-order chi connectivity index (χ0) is 12.5. The molecule has 0 saturated carbocycles. The lowest BCUT2D eigenvalue weighted by molar-refractivity contribution is -0.138. The van der Waals surface area contributed by atoms with E-state index in [9.17, 15) is 13.6 Å². The summed E-state index contributed by atoms with van der Waals surface area (Å²) in [6.45, 7) is 1.31. The number of carbonyl (C=O) groups is 1. The summed E-state index contributed by atoms with van der Waals surface area (Å²) < 4.78 is 31.5. The van der Waals surface area contributed by atoms with Crippen molar-refractivity contribution in [3.05, 3.63) is 27.7 Å². The topological polar surface area (TPSA) is 46.5 Å². The van der Waals surface area contributed by atoms with Crippen LogP contribution in [0.2, 0.25) is 0 Å². The van der Waals surface area contributed by atoms with Crippen molar-refractivity contribution in [3.63, 3.8) is 0 Å². The number of hydrogen-bond acceptors (Lipinski definition) is 2. The van der Waals surface area contributed by atoms with Crippen molar-refractivity contribution in [2.45, 2.75) is 12.8 Å². The number of halogens is 3. The van der Waals surface area contributed by atoms with Crippen LogP contribution in [0.5, 0.6) is 5.75 Å². The van der Waals surface area contributed by atoms with Crippen molar-refractivity contribution in [2.75, 3.05) is 7.11 Å². The van der Waals surface area contributed by atoms with Gasteiger partial charge in [0.25, 0.3) is 0 Å². The molecule has 0 amide bonds. The van der Waals surface area contributed by atoms with Crippen LogP contribution >= 0.6 is 15.9 Å². The molecular formula is C10H9BrF2O3. The molecule has 1 rings (SSSR count). The van der Waals surface area contributed by atoms with Gasteiger partial charge in [0.1, 0.15) is 0 Å². The Labute approximate surface area is 99.2 Å². The van der Waals surface area contributed by atoms with Gasteiger partial charge in [-0.25, -0.2) is 8.78 Å². The molecule has 0 bridgehead atoms. The molecule has 0 saturated heterocycles. The average Bonchev–Trinajstić information content (AvgIpc) is 2.23. The van der Waals surface area contributed by atoms with Gasteiger partial charge in [0, 0.05) is 5.56 Å². The Kier molecular flexibility index (Phi) is 3.85. The predicted molar refractivity (Wildman–Crippen MR) is 56.7 cm³/mol. The molecule has 0 fully saturated rings. The molecule has 0 aliphatic carbocycles. The van der Waals surface area contributed by atoms with E-state index in [1.165, 1.54) is 6.92 Å². The van der Waals surface area contributed by atoms with Gasteiger partial charge in [-0.05, 0) is 28.9 Å². The van der Waals surface area contributed by atoms with Crippen LogP contribution in [0.3, 0.4) is 0 Å². The van der Waals surface area contributed by atoms with E-state index in [1.807, 2.05) is 0 Å². The summed E-state index contributed by atoms with van der Waals surface area (Å²) in [6.07, 6.45) is 0.